The zero-order valence-electron chi connectivity index (χ0n) is 14.4. The van der Waals surface area contributed by atoms with Gasteiger partial charge in [-0.1, -0.05) is 30.3 Å². The van der Waals surface area contributed by atoms with E-state index in [4.69, 9.17) is 9.84 Å². The molecule has 1 amide bonds. The van der Waals surface area contributed by atoms with E-state index in [1.165, 1.54) is 18.2 Å². The van der Waals surface area contributed by atoms with Gasteiger partial charge in [-0.05, 0) is 30.2 Å². The molecule has 0 aliphatic carbocycles. The maximum atomic E-state index is 12.2. The van der Waals surface area contributed by atoms with Crippen LogP contribution in [-0.2, 0) is 14.3 Å². The van der Waals surface area contributed by atoms with Gasteiger partial charge in [0.1, 0.15) is 17.4 Å². The Morgan fingerprint density at radius 3 is 2.59 bits per heavy atom. The van der Waals surface area contributed by atoms with Crippen molar-refractivity contribution in [3.8, 4) is 5.75 Å². The molecule has 1 fully saturated rings. The molecule has 27 heavy (non-hydrogen) atoms. The number of benzene rings is 2. The second kappa shape index (κ2) is 7.90. The van der Waals surface area contributed by atoms with E-state index in [0.717, 1.165) is 5.56 Å². The minimum atomic E-state index is -1.28. The van der Waals surface area contributed by atoms with Crippen LogP contribution in [0.15, 0.2) is 48.5 Å². The fourth-order valence-corrected chi connectivity index (χ4v) is 3.17. The van der Waals surface area contributed by atoms with E-state index in [1.54, 1.807) is 0 Å². The lowest BCUT2D eigenvalue weighted by atomic mass is 9.91. The van der Waals surface area contributed by atoms with Crippen LogP contribution in [0.25, 0.3) is 0 Å². The summed E-state index contributed by atoms with van der Waals surface area (Å²) in [6, 6.07) is 13.2. The summed E-state index contributed by atoms with van der Waals surface area (Å²) >= 11 is 0. The summed E-state index contributed by atoms with van der Waals surface area (Å²) in [5, 5.41) is 21.1. The van der Waals surface area contributed by atoms with Crippen molar-refractivity contribution in [3.05, 3.63) is 59.7 Å². The Morgan fingerprint density at radius 1 is 1.15 bits per heavy atom. The lowest BCUT2D eigenvalue weighted by molar-refractivity contribution is -0.141. The summed E-state index contributed by atoms with van der Waals surface area (Å²) < 4.78 is 5.40. The molecule has 140 valence electrons. The lowest BCUT2D eigenvalue weighted by Crippen LogP contribution is -2.15. The number of carboxylic acid groups (broad SMARTS) is 1. The van der Waals surface area contributed by atoms with E-state index in [-0.39, 0.29) is 53.7 Å². The number of aromatic carboxylic acids is 1. The molecular formula is C20H19NO6. The van der Waals surface area contributed by atoms with Gasteiger partial charge in [0.2, 0.25) is 5.91 Å². The maximum absolute atomic E-state index is 12.2. The first-order valence-corrected chi connectivity index (χ1v) is 8.54. The van der Waals surface area contributed by atoms with Crippen LogP contribution in [0, 0.1) is 5.92 Å². The molecule has 0 spiro atoms. The Kier molecular flexibility index (Phi) is 5.40. The number of nitrogens with one attached hydrogen (secondary N) is 1. The second-order valence-electron chi connectivity index (χ2n) is 6.41. The van der Waals surface area contributed by atoms with Crippen LogP contribution in [-0.4, -0.2) is 28.1 Å². The smallest absolute Gasteiger partial charge is 0.339 e. The van der Waals surface area contributed by atoms with Crippen molar-refractivity contribution in [1.82, 2.24) is 0 Å². The number of hydrogen-bond donors (Lipinski definition) is 3. The van der Waals surface area contributed by atoms with Crippen LogP contribution < -0.4 is 5.32 Å². The first-order chi connectivity index (χ1) is 12.9. The van der Waals surface area contributed by atoms with Crippen molar-refractivity contribution in [2.24, 2.45) is 5.92 Å². The van der Waals surface area contributed by atoms with Gasteiger partial charge in [-0.25, -0.2) is 4.79 Å². The summed E-state index contributed by atoms with van der Waals surface area (Å²) in [6.07, 6.45) is 0.517. The average molecular weight is 369 g/mol. The van der Waals surface area contributed by atoms with Crippen LogP contribution in [0.5, 0.6) is 5.75 Å². The molecule has 0 saturated carbocycles. The molecule has 1 aliphatic heterocycles. The molecule has 0 radical (unpaired) electrons. The fraction of sp³-hybridized carbons (Fsp3) is 0.250. The summed E-state index contributed by atoms with van der Waals surface area (Å²) in [6.45, 7) is 0. The highest BCUT2D eigenvalue weighted by molar-refractivity contribution is 5.95. The van der Waals surface area contributed by atoms with Gasteiger partial charge in [-0.2, -0.15) is 0 Å². The zero-order valence-corrected chi connectivity index (χ0v) is 14.4. The second-order valence-corrected chi connectivity index (χ2v) is 6.41. The van der Waals surface area contributed by atoms with Crippen LogP contribution in [0.3, 0.4) is 0 Å². The average Bonchev–Trinajstić information content (AvgIpc) is 3.03. The maximum Gasteiger partial charge on any atom is 0.339 e. The zero-order chi connectivity index (χ0) is 19.4. The van der Waals surface area contributed by atoms with E-state index >= 15 is 0 Å². The van der Waals surface area contributed by atoms with E-state index in [2.05, 4.69) is 5.32 Å². The van der Waals surface area contributed by atoms with Crippen molar-refractivity contribution in [2.75, 3.05) is 5.32 Å². The van der Waals surface area contributed by atoms with Crippen LogP contribution >= 0.6 is 0 Å². The highest BCUT2D eigenvalue weighted by Gasteiger charge is 2.35. The van der Waals surface area contributed by atoms with Crippen molar-refractivity contribution in [2.45, 2.75) is 25.4 Å². The minimum Gasteiger partial charge on any atom is -0.507 e. The van der Waals surface area contributed by atoms with Gasteiger partial charge in [0, 0.05) is 18.0 Å². The molecular weight excluding hydrogens is 350 g/mol. The van der Waals surface area contributed by atoms with Gasteiger partial charge in [-0.3, -0.25) is 9.59 Å². The number of cyclic esters (lactones) is 1. The number of carboxylic acids is 1. The summed E-state index contributed by atoms with van der Waals surface area (Å²) in [7, 11) is 0. The first kappa shape index (κ1) is 18.4. The molecule has 2 aromatic carbocycles. The standard InChI is InChI=1S/C20H19NO6/c22-16-8-7-14(11-15(16)20(25)26)21-17(23)9-6-13-10-18(24)27-19(13)12-4-2-1-3-5-12/h1-5,7-8,11,13,19,22H,6,9-10H2,(H,21,23)(H,25,26)/t13-,19-/m0/s1. The van der Waals surface area contributed by atoms with Crippen LogP contribution in [0.4, 0.5) is 5.69 Å². The Morgan fingerprint density at radius 2 is 1.89 bits per heavy atom. The molecule has 0 aromatic heterocycles. The molecule has 7 nitrogen and oxygen atoms in total. The minimum absolute atomic E-state index is 0.0972. The summed E-state index contributed by atoms with van der Waals surface area (Å²) in [5.41, 5.74) is 0.902. The molecule has 0 unspecified atom stereocenters. The number of phenols is 1. The molecule has 1 aliphatic rings. The fourth-order valence-electron chi connectivity index (χ4n) is 3.17. The number of carbonyl (C=O) groups excluding carboxylic acids is 2. The Hall–Kier alpha value is -3.35. The third kappa shape index (κ3) is 4.44. The van der Waals surface area contributed by atoms with Crippen LogP contribution in [0.1, 0.15) is 41.3 Å². The Bertz CT molecular complexity index is 864. The highest BCUT2D eigenvalue weighted by Crippen LogP contribution is 2.38. The molecule has 3 rings (SSSR count). The molecule has 2 aromatic rings. The number of rotatable bonds is 6. The monoisotopic (exact) mass is 369 g/mol. The van der Waals surface area contributed by atoms with Gasteiger partial charge in [0.25, 0.3) is 0 Å². The predicted octanol–water partition coefficient (Wildman–Crippen LogP) is 3.11. The van der Waals surface area contributed by atoms with Gasteiger partial charge < -0.3 is 20.3 Å². The van der Waals surface area contributed by atoms with Crippen molar-refractivity contribution in [1.29, 1.82) is 0 Å². The van der Waals surface area contributed by atoms with Crippen molar-refractivity contribution < 1.29 is 29.3 Å². The number of amides is 1. The summed E-state index contributed by atoms with van der Waals surface area (Å²) in [4.78, 5) is 35.0. The van der Waals surface area contributed by atoms with E-state index in [1.807, 2.05) is 30.3 Å². The number of anilines is 1. The number of esters is 1. The number of ether oxygens (including phenoxy) is 1. The van der Waals surface area contributed by atoms with Gasteiger partial charge in [0.15, 0.2) is 0 Å². The number of aromatic hydroxyl groups is 1. The third-order valence-corrected chi connectivity index (χ3v) is 4.50. The van der Waals surface area contributed by atoms with Crippen molar-refractivity contribution >= 4 is 23.5 Å². The summed E-state index contributed by atoms with van der Waals surface area (Å²) in [5.74, 6) is -2.33. The molecule has 2 atom stereocenters. The number of hydrogen-bond acceptors (Lipinski definition) is 5. The Labute approximate surface area is 155 Å². The number of carbonyl (C=O) groups is 3. The molecule has 1 saturated heterocycles. The SMILES string of the molecule is O=C(CC[C@H]1CC(=O)O[C@H]1c1ccccc1)Nc1ccc(O)c(C(=O)O)c1. The van der Waals surface area contributed by atoms with Crippen molar-refractivity contribution in [3.63, 3.8) is 0 Å². The largest absolute Gasteiger partial charge is 0.507 e. The van der Waals surface area contributed by atoms with E-state index < -0.39 is 5.97 Å². The predicted molar refractivity (Wildman–Crippen MR) is 96.3 cm³/mol. The normalized spacial score (nSPS) is 18.7. The quantitative estimate of drug-likeness (QED) is 0.533. The van der Waals surface area contributed by atoms with Gasteiger partial charge in [-0.15, -0.1) is 0 Å². The molecule has 1 heterocycles. The van der Waals surface area contributed by atoms with E-state index in [9.17, 15) is 19.5 Å². The van der Waals surface area contributed by atoms with Gasteiger partial charge in [0.05, 0.1) is 6.42 Å². The van der Waals surface area contributed by atoms with Gasteiger partial charge >= 0.3 is 11.9 Å². The molecule has 0 bridgehead atoms. The Balaban J connectivity index is 1.61. The topological polar surface area (TPSA) is 113 Å². The third-order valence-electron chi connectivity index (χ3n) is 4.50. The molecule has 7 heteroatoms. The first-order valence-electron chi connectivity index (χ1n) is 8.54. The molecule has 3 N–H and O–H groups in total. The lowest BCUT2D eigenvalue weighted by Gasteiger charge is -2.17. The van der Waals surface area contributed by atoms with Crippen LogP contribution in [0.2, 0.25) is 0 Å². The highest BCUT2D eigenvalue weighted by atomic mass is 16.5. The van der Waals surface area contributed by atoms with E-state index in [0.29, 0.717) is 6.42 Å².